The Kier molecular flexibility index (Phi) is 4.89. The van der Waals surface area contributed by atoms with Crippen molar-refractivity contribution in [3.8, 4) is 5.75 Å². The quantitative estimate of drug-likeness (QED) is 0.744. The first-order valence-corrected chi connectivity index (χ1v) is 6.19. The summed E-state index contributed by atoms with van der Waals surface area (Å²) in [6, 6.07) is 6.26. The zero-order valence-electron chi connectivity index (χ0n) is 9.51. The first kappa shape index (κ1) is 12.3. The minimum absolute atomic E-state index is 0.948. The number of benzene rings is 1. The average Bonchev–Trinajstić information content (AvgIpc) is 2.25. The van der Waals surface area contributed by atoms with Crippen molar-refractivity contribution in [2.24, 2.45) is 0 Å². The molecule has 15 heavy (non-hydrogen) atoms. The molecular formula is C13H17BrO. The summed E-state index contributed by atoms with van der Waals surface area (Å²) in [5, 5.41) is 0.998. The van der Waals surface area contributed by atoms with E-state index in [0.29, 0.717) is 0 Å². The lowest BCUT2D eigenvalue weighted by Crippen LogP contribution is -1.91. The van der Waals surface area contributed by atoms with Crippen LogP contribution in [0.4, 0.5) is 0 Å². The Morgan fingerprint density at radius 1 is 1.47 bits per heavy atom. The number of ether oxygens (including phenoxy) is 1. The van der Waals surface area contributed by atoms with Gasteiger partial charge in [0.1, 0.15) is 5.75 Å². The van der Waals surface area contributed by atoms with Gasteiger partial charge < -0.3 is 4.74 Å². The molecule has 0 amide bonds. The van der Waals surface area contributed by atoms with E-state index in [1.54, 1.807) is 7.11 Å². The van der Waals surface area contributed by atoms with E-state index in [4.69, 9.17) is 4.74 Å². The first-order valence-electron chi connectivity index (χ1n) is 5.06. The van der Waals surface area contributed by atoms with Crippen LogP contribution in [-0.2, 0) is 0 Å². The molecule has 0 aliphatic heterocycles. The van der Waals surface area contributed by atoms with Gasteiger partial charge in [0.2, 0.25) is 0 Å². The van der Waals surface area contributed by atoms with Crippen molar-refractivity contribution in [3.63, 3.8) is 0 Å². The van der Waals surface area contributed by atoms with Crippen LogP contribution in [0, 0.1) is 6.92 Å². The number of aryl methyl sites for hydroxylation is 1. The number of hydrogen-bond acceptors (Lipinski definition) is 1. The van der Waals surface area contributed by atoms with Crippen LogP contribution in [0.5, 0.6) is 5.75 Å². The SMILES string of the molecule is COc1ccc(C)cc1/C(C)=C/CCBr. The fourth-order valence-corrected chi connectivity index (χ4v) is 1.74. The number of rotatable bonds is 4. The van der Waals surface area contributed by atoms with Gasteiger partial charge in [-0.1, -0.05) is 33.6 Å². The van der Waals surface area contributed by atoms with Crippen LogP contribution in [0.15, 0.2) is 24.3 Å². The standard InChI is InChI=1S/C13H17BrO/c1-10-6-7-13(15-3)12(9-10)11(2)5-4-8-14/h5-7,9H,4,8H2,1-3H3/b11-5+. The van der Waals surface area contributed by atoms with Crippen LogP contribution in [-0.4, -0.2) is 12.4 Å². The number of allylic oxidation sites excluding steroid dienone is 2. The van der Waals surface area contributed by atoms with E-state index >= 15 is 0 Å². The van der Waals surface area contributed by atoms with E-state index in [1.165, 1.54) is 16.7 Å². The minimum atomic E-state index is 0.948. The Hall–Kier alpha value is -0.760. The molecule has 82 valence electrons. The number of alkyl halides is 1. The Morgan fingerprint density at radius 3 is 2.80 bits per heavy atom. The van der Waals surface area contributed by atoms with Crippen molar-refractivity contribution in [2.75, 3.05) is 12.4 Å². The van der Waals surface area contributed by atoms with Crippen molar-refractivity contribution < 1.29 is 4.74 Å². The normalized spacial score (nSPS) is 11.6. The van der Waals surface area contributed by atoms with E-state index in [-0.39, 0.29) is 0 Å². The summed E-state index contributed by atoms with van der Waals surface area (Å²) in [4.78, 5) is 0. The van der Waals surface area contributed by atoms with E-state index in [0.717, 1.165) is 17.5 Å². The Morgan fingerprint density at radius 2 is 2.20 bits per heavy atom. The maximum atomic E-state index is 5.35. The number of methoxy groups -OCH3 is 1. The fraction of sp³-hybridized carbons (Fsp3) is 0.385. The predicted octanol–water partition coefficient (Wildman–Crippen LogP) is 4.19. The average molecular weight is 269 g/mol. The largest absolute Gasteiger partial charge is 0.496 e. The molecule has 1 aromatic rings. The molecule has 0 fully saturated rings. The Balaban J connectivity index is 3.05. The molecule has 0 aliphatic rings. The molecule has 1 nitrogen and oxygen atoms in total. The van der Waals surface area contributed by atoms with E-state index in [2.05, 4.69) is 48.0 Å². The second kappa shape index (κ2) is 5.96. The minimum Gasteiger partial charge on any atom is -0.496 e. The van der Waals surface area contributed by atoms with Gasteiger partial charge in [0.05, 0.1) is 7.11 Å². The third-order valence-electron chi connectivity index (χ3n) is 2.34. The molecule has 0 bridgehead atoms. The molecule has 1 rings (SSSR count). The van der Waals surface area contributed by atoms with Crippen LogP contribution in [0.2, 0.25) is 0 Å². The van der Waals surface area contributed by atoms with Crippen LogP contribution < -0.4 is 4.74 Å². The molecule has 0 aromatic heterocycles. The molecule has 0 N–H and O–H groups in total. The van der Waals surface area contributed by atoms with Gasteiger partial charge in [0.25, 0.3) is 0 Å². The van der Waals surface area contributed by atoms with Gasteiger partial charge in [-0.05, 0) is 38.0 Å². The monoisotopic (exact) mass is 268 g/mol. The summed E-state index contributed by atoms with van der Waals surface area (Å²) < 4.78 is 5.35. The van der Waals surface area contributed by atoms with Crippen molar-refractivity contribution in [3.05, 3.63) is 35.4 Å². The molecule has 2 heteroatoms. The smallest absolute Gasteiger partial charge is 0.126 e. The molecule has 1 aromatic carbocycles. The van der Waals surface area contributed by atoms with Gasteiger partial charge in [0.15, 0.2) is 0 Å². The molecule has 0 aliphatic carbocycles. The van der Waals surface area contributed by atoms with E-state index in [9.17, 15) is 0 Å². The molecule has 0 heterocycles. The third-order valence-corrected chi connectivity index (χ3v) is 2.80. The molecule has 0 radical (unpaired) electrons. The number of hydrogen-bond donors (Lipinski definition) is 0. The predicted molar refractivity (Wildman–Crippen MR) is 69.8 cm³/mol. The molecular weight excluding hydrogens is 252 g/mol. The highest BCUT2D eigenvalue weighted by molar-refractivity contribution is 9.09. The lowest BCUT2D eigenvalue weighted by atomic mass is 10.0. The zero-order chi connectivity index (χ0) is 11.3. The Bertz CT molecular complexity index is 356. The van der Waals surface area contributed by atoms with Crippen molar-refractivity contribution in [1.82, 2.24) is 0 Å². The van der Waals surface area contributed by atoms with Crippen LogP contribution in [0.1, 0.15) is 24.5 Å². The maximum Gasteiger partial charge on any atom is 0.126 e. The summed E-state index contributed by atoms with van der Waals surface area (Å²) in [6.07, 6.45) is 3.27. The van der Waals surface area contributed by atoms with E-state index in [1.807, 2.05) is 6.07 Å². The second-order valence-electron chi connectivity index (χ2n) is 3.57. The van der Waals surface area contributed by atoms with Gasteiger partial charge in [-0.25, -0.2) is 0 Å². The summed E-state index contributed by atoms with van der Waals surface area (Å²) in [7, 11) is 1.71. The highest BCUT2D eigenvalue weighted by Gasteiger charge is 2.04. The van der Waals surface area contributed by atoms with Crippen molar-refractivity contribution >= 4 is 21.5 Å². The number of halogens is 1. The zero-order valence-corrected chi connectivity index (χ0v) is 11.1. The van der Waals surface area contributed by atoms with Crippen LogP contribution in [0.3, 0.4) is 0 Å². The van der Waals surface area contributed by atoms with Gasteiger partial charge in [-0.15, -0.1) is 0 Å². The summed E-state index contributed by atoms with van der Waals surface area (Å²) >= 11 is 3.42. The van der Waals surface area contributed by atoms with Crippen LogP contribution >= 0.6 is 15.9 Å². The lowest BCUT2D eigenvalue weighted by molar-refractivity contribution is 0.413. The molecule has 0 unspecified atom stereocenters. The van der Waals surface area contributed by atoms with Gasteiger partial charge in [0, 0.05) is 10.9 Å². The summed E-state index contributed by atoms with van der Waals surface area (Å²) in [6.45, 7) is 4.22. The second-order valence-corrected chi connectivity index (χ2v) is 4.36. The third kappa shape index (κ3) is 3.38. The topological polar surface area (TPSA) is 9.23 Å². The van der Waals surface area contributed by atoms with Gasteiger partial charge >= 0.3 is 0 Å². The highest BCUT2D eigenvalue weighted by atomic mass is 79.9. The maximum absolute atomic E-state index is 5.35. The molecule has 0 atom stereocenters. The Labute approximate surface area is 100 Å². The van der Waals surface area contributed by atoms with Gasteiger partial charge in [-0.2, -0.15) is 0 Å². The fourth-order valence-electron chi connectivity index (χ4n) is 1.51. The van der Waals surface area contributed by atoms with Gasteiger partial charge in [-0.3, -0.25) is 0 Å². The molecule has 0 spiro atoms. The van der Waals surface area contributed by atoms with Crippen molar-refractivity contribution in [1.29, 1.82) is 0 Å². The first-order chi connectivity index (χ1) is 7.19. The van der Waals surface area contributed by atoms with E-state index < -0.39 is 0 Å². The molecule has 0 saturated carbocycles. The molecule has 0 saturated heterocycles. The summed E-state index contributed by atoms with van der Waals surface area (Å²) in [5.74, 6) is 0.948. The highest BCUT2D eigenvalue weighted by Crippen LogP contribution is 2.27. The summed E-state index contributed by atoms with van der Waals surface area (Å²) in [5.41, 5.74) is 3.73. The van der Waals surface area contributed by atoms with Crippen molar-refractivity contribution in [2.45, 2.75) is 20.3 Å². The van der Waals surface area contributed by atoms with Crippen LogP contribution in [0.25, 0.3) is 5.57 Å². The lowest BCUT2D eigenvalue weighted by Gasteiger charge is -2.09.